The molecule has 7 heteroatoms. The number of likely N-dealkylation sites (tertiary alicyclic amines) is 1. The Morgan fingerprint density at radius 2 is 1.69 bits per heavy atom. The Kier molecular flexibility index (Phi) is 8.82. The van der Waals surface area contributed by atoms with Crippen LogP contribution in [0, 0.1) is 17.8 Å². The minimum atomic E-state index is -0.516. The van der Waals surface area contributed by atoms with E-state index in [4.69, 9.17) is 5.73 Å². The van der Waals surface area contributed by atoms with Crippen molar-refractivity contribution in [2.45, 2.75) is 76.8 Å². The Bertz CT molecular complexity index is 864. The van der Waals surface area contributed by atoms with Crippen molar-refractivity contribution in [2.75, 3.05) is 26.2 Å². The number of hydrogen-bond acceptors (Lipinski definition) is 4. The molecule has 0 aromatic heterocycles. The Hall–Kier alpha value is -2.41. The maximum absolute atomic E-state index is 13.3. The Morgan fingerprint density at radius 1 is 1.00 bits per heavy atom. The van der Waals surface area contributed by atoms with Crippen LogP contribution in [-0.2, 0) is 20.8 Å². The topological polar surface area (TPSA) is 95.7 Å². The highest BCUT2D eigenvalue weighted by Gasteiger charge is 2.41. The molecule has 2 saturated carbocycles. The van der Waals surface area contributed by atoms with E-state index in [1.165, 1.54) is 12.5 Å². The fourth-order valence-corrected chi connectivity index (χ4v) is 5.82. The van der Waals surface area contributed by atoms with Crippen LogP contribution >= 0.6 is 0 Å². The van der Waals surface area contributed by atoms with Crippen molar-refractivity contribution in [1.29, 1.82) is 0 Å². The second-order valence-corrected chi connectivity index (χ2v) is 10.8. The quantitative estimate of drug-likeness (QED) is 0.566. The van der Waals surface area contributed by atoms with Crippen molar-refractivity contribution in [3.8, 4) is 0 Å². The predicted molar refractivity (Wildman–Crippen MR) is 136 cm³/mol. The van der Waals surface area contributed by atoms with E-state index in [0.717, 1.165) is 57.9 Å². The van der Waals surface area contributed by atoms with Crippen LogP contribution in [0.15, 0.2) is 30.3 Å². The van der Waals surface area contributed by atoms with E-state index in [9.17, 15) is 14.4 Å². The molecule has 0 radical (unpaired) electrons. The second-order valence-electron chi connectivity index (χ2n) is 10.8. The molecule has 1 unspecified atom stereocenters. The molecule has 3 amide bonds. The van der Waals surface area contributed by atoms with E-state index < -0.39 is 6.04 Å². The number of rotatable bonds is 9. The van der Waals surface area contributed by atoms with Gasteiger partial charge < -0.3 is 20.9 Å². The van der Waals surface area contributed by atoms with Gasteiger partial charge in [-0.05, 0) is 81.7 Å². The lowest BCUT2D eigenvalue weighted by atomic mass is 9.82. The van der Waals surface area contributed by atoms with E-state index in [1.54, 1.807) is 4.90 Å². The zero-order valence-corrected chi connectivity index (χ0v) is 21.2. The third kappa shape index (κ3) is 6.84. The van der Waals surface area contributed by atoms with Gasteiger partial charge in [-0.15, -0.1) is 0 Å². The lowest BCUT2D eigenvalue weighted by molar-refractivity contribution is -0.145. The first-order chi connectivity index (χ1) is 17.0. The molecule has 192 valence electrons. The van der Waals surface area contributed by atoms with Crippen LogP contribution in [0.25, 0.3) is 0 Å². The molecule has 3 N–H and O–H groups in total. The highest BCUT2D eigenvalue weighted by molar-refractivity contribution is 5.87. The molecule has 1 aromatic carbocycles. The third-order valence-corrected chi connectivity index (χ3v) is 8.28. The number of hydrogen-bond donors (Lipinski definition) is 2. The van der Waals surface area contributed by atoms with Crippen molar-refractivity contribution in [1.82, 2.24) is 15.1 Å². The predicted octanol–water partition coefficient (Wildman–Crippen LogP) is 2.73. The van der Waals surface area contributed by atoms with Gasteiger partial charge in [-0.2, -0.15) is 0 Å². The Morgan fingerprint density at radius 3 is 2.31 bits per heavy atom. The summed E-state index contributed by atoms with van der Waals surface area (Å²) < 4.78 is 0. The third-order valence-electron chi connectivity index (χ3n) is 8.28. The first-order valence-electron chi connectivity index (χ1n) is 13.6. The lowest BCUT2D eigenvalue weighted by Gasteiger charge is -2.43. The van der Waals surface area contributed by atoms with E-state index in [2.05, 4.69) is 17.4 Å². The van der Waals surface area contributed by atoms with Crippen molar-refractivity contribution in [3.05, 3.63) is 35.9 Å². The molecule has 2 atom stereocenters. The monoisotopic (exact) mass is 482 g/mol. The zero-order chi connectivity index (χ0) is 24.8. The molecule has 1 aliphatic heterocycles. The van der Waals surface area contributed by atoms with Crippen LogP contribution in [-0.4, -0.2) is 65.8 Å². The maximum atomic E-state index is 13.3. The van der Waals surface area contributed by atoms with Crippen LogP contribution in [0.3, 0.4) is 0 Å². The number of piperidine rings is 1. The maximum Gasteiger partial charge on any atom is 0.242 e. The molecule has 1 saturated heterocycles. The number of nitrogens with two attached hydrogens (primary N) is 1. The van der Waals surface area contributed by atoms with Gasteiger partial charge in [-0.25, -0.2) is 0 Å². The summed E-state index contributed by atoms with van der Waals surface area (Å²) in [6, 6.07) is 9.70. The highest BCUT2D eigenvalue weighted by Crippen LogP contribution is 2.34. The summed E-state index contributed by atoms with van der Waals surface area (Å²) in [7, 11) is 0. The molecule has 3 fully saturated rings. The number of carbonyl (C=O) groups excluding carboxylic acids is 3. The molecule has 4 rings (SSSR count). The first-order valence-corrected chi connectivity index (χ1v) is 13.6. The van der Waals surface area contributed by atoms with Gasteiger partial charge in [0, 0.05) is 38.5 Å². The molecule has 35 heavy (non-hydrogen) atoms. The fraction of sp³-hybridized carbons (Fsp3) is 0.679. The Labute approximate surface area is 209 Å². The van der Waals surface area contributed by atoms with Gasteiger partial charge >= 0.3 is 0 Å². The summed E-state index contributed by atoms with van der Waals surface area (Å²) in [6.07, 6.45) is 8.40. The van der Waals surface area contributed by atoms with E-state index in [-0.39, 0.29) is 29.7 Å². The average Bonchev–Trinajstić information content (AvgIpc) is 3.73. The van der Waals surface area contributed by atoms with Crippen LogP contribution in [0.1, 0.15) is 63.9 Å². The van der Waals surface area contributed by atoms with Crippen molar-refractivity contribution < 1.29 is 14.4 Å². The standard InChI is InChI=1S/C28H42N4O3/c1-20(33)31-16-14-25(17-26(31)27(34)30-19-23-9-7-22(18-29)8-10-23)32(28(35)24-11-12-24)15-13-21-5-3-2-4-6-21/h2-6,22-26H,7-19,29H2,1H3,(H,30,34)/t22?,23?,25?,26-/m1/s1. The van der Waals surface area contributed by atoms with Crippen molar-refractivity contribution >= 4 is 17.7 Å². The van der Waals surface area contributed by atoms with Crippen molar-refractivity contribution in [3.63, 3.8) is 0 Å². The number of nitrogens with one attached hydrogen (secondary N) is 1. The SMILES string of the molecule is CC(=O)N1CCC(N(CCc2ccccc2)C(=O)C2CC2)C[C@@H]1C(=O)NCC1CCC(CN)CC1. The van der Waals surface area contributed by atoms with E-state index in [1.807, 2.05) is 23.1 Å². The molecule has 7 nitrogen and oxygen atoms in total. The fourth-order valence-electron chi connectivity index (χ4n) is 5.82. The van der Waals surface area contributed by atoms with Crippen LogP contribution in [0.5, 0.6) is 0 Å². The molecular formula is C28H42N4O3. The minimum Gasteiger partial charge on any atom is -0.354 e. The van der Waals surface area contributed by atoms with E-state index in [0.29, 0.717) is 37.9 Å². The summed E-state index contributed by atoms with van der Waals surface area (Å²) in [4.78, 5) is 42.7. The average molecular weight is 483 g/mol. The first kappa shape index (κ1) is 25.7. The lowest BCUT2D eigenvalue weighted by Crippen LogP contribution is -2.58. The largest absolute Gasteiger partial charge is 0.354 e. The zero-order valence-electron chi connectivity index (χ0n) is 21.2. The van der Waals surface area contributed by atoms with Gasteiger partial charge in [0.15, 0.2) is 0 Å². The van der Waals surface area contributed by atoms with Gasteiger partial charge in [-0.3, -0.25) is 14.4 Å². The molecule has 0 spiro atoms. The molecule has 1 aromatic rings. The van der Waals surface area contributed by atoms with E-state index >= 15 is 0 Å². The minimum absolute atomic E-state index is 0.0156. The van der Waals surface area contributed by atoms with Gasteiger partial charge in [0.2, 0.25) is 17.7 Å². The number of nitrogens with zero attached hydrogens (tertiary/aromatic N) is 2. The molecule has 3 aliphatic rings. The normalized spacial score (nSPS) is 26.7. The Balaban J connectivity index is 1.39. The van der Waals surface area contributed by atoms with Gasteiger partial charge in [0.25, 0.3) is 0 Å². The molecular weight excluding hydrogens is 440 g/mol. The van der Waals surface area contributed by atoms with Crippen LogP contribution < -0.4 is 11.1 Å². The highest BCUT2D eigenvalue weighted by atomic mass is 16.2. The summed E-state index contributed by atoms with van der Waals surface area (Å²) in [6.45, 7) is 4.11. The van der Waals surface area contributed by atoms with Gasteiger partial charge in [-0.1, -0.05) is 30.3 Å². The molecule has 1 heterocycles. The summed E-state index contributed by atoms with van der Waals surface area (Å²) in [5, 5.41) is 3.15. The number of benzene rings is 1. The van der Waals surface area contributed by atoms with Gasteiger partial charge in [0.1, 0.15) is 6.04 Å². The number of carbonyl (C=O) groups is 3. The van der Waals surface area contributed by atoms with Crippen molar-refractivity contribution in [2.24, 2.45) is 23.5 Å². The second kappa shape index (κ2) is 12.0. The summed E-state index contributed by atoms with van der Waals surface area (Å²) >= 11 is 0. The summed E-state index contributed by atoms with van der Waals surface area (Å²) in [5.41, 5.74) is 7.02. The smallest absolute Gasteiger partial charge is 0.242 e. The molecule has 2 aliphatic carbocycles. The van der Waals surface area contributed by atoms with Gasteiger partial charge in [0.05, 0.1) is 0 Å². The summed E-state index contributed by atoms with van der Waals surface area (Å²) in [5.74, 6) is 1.29. The van der Waals surface area contributed by atoms with Crippen LogP contribution in [0.4, 0.5) is 0 Å². The molecule has 0 bridgehead atoms. The van der Waals surface area contributed by atoms with Crippen LogP contribution in [0.2, 0.25) is 0 Å². The number of amides is 3.